The van der Waals surface area contributed by atoms with Gasteiger partial charge < -0.3 is 14.0 Å². The maximum atomic E-state index is 14.1. The average Bonchev–Trinajstić information content (AvgIpc) is 2.44. The summed E-state index contributed by atoms with van der Waals surface area (Å²) >= 11 is 1.84. The topological polar surface area (TPSA) is 40.5 Å². The Hall–Kier alpha value is -0.376. The SMILES string of the molecule is COCOc1cc(F)c(-c2[c-]cc(I)c(=O)n2C)c(F)c1.[Y]. The van der Waals surface area contributed by atoms with E-state index < -0.39 is 11.6 Å². The summed E-state index contributed by atoms with van der Waals surface area (Å²) in [6, 6.07) is 6.18. The second-order valence-corrected chi connectivity index (χ2v) is 5.32. The van der Waals surface area contributed by atoms with E-state index in [9.17, 15) is 13.6 Å². The monoisotopic (exact) mass is 495 g/mol. The number of hydrogen-bond donors (Lipinski definition) is 0. The third-order valence-corrected chi connectivity index (χ3v) is 3.55. The second-order valence-electron chi connectivity index (χ2n) is 4.16. The van der Waals surface area contributed by atoms with Crippen LogP contribution in [0.3, 0.4) is 0 Å². The van der Waals surface area contributed by atoms with E-state index in [0.717, 1.165) is 16.7 Å². The number of methoxy groups -OCH3 is 1. The average molecular weight is 495 g/mol. The number of halogens is 3. The molecule has 0 aliphatic rings. The number of benzene rings is 1. The van der Waals surface area contributed by atoms with Crippen LogP contribution in [0.25, 0.3) is 11.3 Å². The Morgan fingerprint density at radius 2 is 1.91 bits per heavy atom. The normalized spacial score (nSPS) is 10.2. The molecule has 0 atom stereocenters. The molecule has 8 heteroatoms. The zero-order chi connectivity index (χ0) is 15.6. The summed E-state index contributed by atoms with van der Waals surface area (Å²) in [5, 5.41) is 0. The first-order chi connectivity index (χ1) is 9.95. The molecule has 4 nitrogen and oxygen atoms in total. The van der Waals surface area contributed by atoms with Crippen LogP contribution in [0.1, 0.15) is 0 Å². The van der Waals surface area contributed by atoms with Crippen molar-refractivity contribution in [2.45, 2.75) is 0 Å². The van der Waals surface area contributed by atoms with E-state index >= 15 is 0 Å². The summed E-state index contributed by atoms with van der Waals surface area (Å²) < 4.78 is 39.5. The summed E-state index contributed by atoms with van der Waals surface area (Å²) in [6.07, 6.45) is 0. The molecule has 0 unspecified atom stereocenters. The summed E-state index contributed by atoms with van der Waals surface area (Å²) in [6.45, 7) is -0.119. The predicted molar refractivity (Wildman–Crippen MR) is 81.1 cm³/mol. The zero-order valence-electron chi connectivity index (χ0n) is 11.8. The molecule has 0 fully saturated rings. The third-order valence-electron chi connectivity index (χ3n) is 2.78. The molecule has 0 spiro atoms. The molecular formula is C14H11F2INO3Y-. The Morgan fingerprint density at radius 1 is 1.32 bits per heavy atom. The molecule has 2 aromatic rings. The van der Waals surface area contributed by atoms with Crippen molar-refractivity contribution in [2.24, 2.45) is 7.05 Å². The molecule has 0 amide bonds. The van der Waals surface area contributed by atoms with Gasteiger partial charge in [-0.2, -0.15) is 12.1 Å². The summed E-state index contributed by atoms with van der Waals surface area (Å²) in [5.74, 6) is -1.67. The fourth-order valence-electron chi connectivity index (χ4n) is 1.78. The molecule has 1 heterocycles. The van der Waals surface area contributed by atoms with Gasteiger partial charge in [-0.25, -0.2) is 8.78 Å². The fourth-order valence-corrected chi connectivity index (χ4v) is 2.30. The molecule has 1 aromatic heterocycles. The summed E-state index contributed by atoms with van der Waals surface area (Å²) in [7, 11) is 2.84. The number of nitrogens with zero attached hydrogens (tertiary/aromatic N) is 1. The van der Waals surface area contributed by atoms with Gasteiger partial charge in [-0.15, -0.1) is 22.6 Å². The number of hydrogen-bond acceptors (Lipinski definition) is 3. The van der Waals surface area contributed by atoms with Crippen molar-refractivity contribution < 1.29 is 51.0 Å². The van der Waals surface area contributed by atoms with Gasteiger partial charge in [0.15, 0.2) is 6.79 Å². The Morgan fingerprint density at radius 3 is 2.45 bits per heavy atom. The molecule has 1 aromatic carbocycles. The predicted octanol–water partition coefficient (Wildman–Crippen LogP) is 2.72. The van der Waals surface area contributed by atoms with Crippen LogP contribution in [-0.4, -0.2) is 18.5 Å². The van der Waals surface area contributed by atoms with Crippen LogP contribution in [0.5, 0.6) is 5.75 Å². The van der Waals surface area contributed by atoms with Crippen molar-refractivity contribution in [3.05, 3.63) is 49.8 Å². The van der Waals surface area contributed by atoms with E-state index in [-0.39, 0.29) is 62.1 Å². The molecule has 22 heavy (non-hydrogen) atoms. The third kappa shape index (κ3) is 4.12. The summed E-state index contributed by atoms with van der Waals surface area (Å²) in [4.78, 5) is 11.8. The molecular weight excluding hydrogens is 484 g/mol. The van der Waals surface area contributed by atoms with E-state index in [1.54, 1.807) is 0 Å². The number of aromatic nitrogens is 1. The second kappa shape index (κ2) is 8.47. The minimum Gasteiger partial charge on any atom is -0.467 e. The first-order valence-electron chi connectivity index (χ1n) is 5.84. The maximum absolute atomic E-state index is 14.1. The first-order valence-corrected chi connectivity index (χ1v) is 6.92. The molecule has 0 saturated heterocycles. The van der Waals surface area contributed by atoms with Gasteiger partial charge in [0.1, 0.15) is 5.75 Å². The van der Waals surface area contributed by atoms with Crippen LogP contribution >= 0.6 is 22.6 Å². The maximum Gasteiger partial charge on any atom is 0.207 e. The van der Waals surface area contributed by atoms with E-state index in [4.69, 9.17) is 4.74 Å². The van der Waals surface area contributed by atoms with Crippen LogP contribution in [-0.2, 0) is 44.5 Å². The van der Waals surface area contributed by atoms with E-state index in [2.05, 4.69) is 10.8 Å². The smallest absolute Gasteiger partial charge is 0.207 e. The van der Waals surface area contributed by atoms with Crippen molar-refractivity contribution in [1.29, 1.82) is 0 Å². The fraction of sp³-hybridized carbons (Fsp3) is 0.214. The van der Waals surface area contributed by atoms with Crippen LogP contribution < -0.4 is 10.3 Å². The van der Waals surface area contributed by atoms with Gasteiger partial charge in [-0.05, 0) is 9.13 Å². The Kier molecular flexibility index (Phi) is 7.57. The zero-order valence-corrected chi connectivity index (χ0v) is 16.8. The number of ether oxygens (including phenoxy) is 2. The van der Waals surface area contributed by atoms with Crippen molar-refractivity contribution in [1.82, 2.24) is 4.57 Å². The van der Waals surface area contributed by atoms with Gasteiger partial charge in [0.05, 0.1) is 11.6 Å². The molecule has 0 bridgehead atoms. The van der Waals surface area contributed by atoms with Crippen LogP contribution in [0.15, 0.2) is 23.0 Å². The van der Waals surface area contributed by atoms with Gasteiger partial charge >= 0.3 is 0 Å². The van der Waals surface area contributed by atoms with Gasteiger partial charge in [0.2, 0.25) is 5.56 Å². The van der Waals surface area contributed by atoms with Gasteiger partial charge in [-0.1, -0.05) is 5.69 Å². The molecule has 1 radical (unpaired) electrons. The Balaban J connectivity index is 0.00000242. The van der Waals surface area contributed by atoms with Crippen LogP contribution in [0.4, 0.5) is 8.78 Å². The quantitative estimate of drug-likeness (QED) is 0.373. The van der Waals surface area contributed by atoms with Crippen molar-refractivity contribution >= 4 is 22.6 Å². The van der Waals surface area contributed by atoms with E-state index in [1.807, 2.05) is 22.6 Å². The van der Waals surface area contributed by atoms with Gasteiger partial charge in [0, 0.05) is 59.0 Å². The van der Waals surface area contributed by atoms with Gasteiger partial charge in [0.25, 0.3) is 0 Å². The van der Waals surface area contributed by atoms with Crippen molar-refractivity contribution in [2.75, 3.05) is 13.9 Å². The molecule has 115 valence electrons. The number of pyridine rings is 1. The Bertz CT molecular complexity index is 714. The van der Waals surface area contributed by atoms with E-state index in [0.29, 0.717) is 3.57 Å². The first kappa shape index (κ1) is 19.7. The van der Waals surface area contributed by atoms with Crippen LogP contribution in [0.2, 0.25) is 0 Å². The van der Waals surface area contributed by atoms with E-state index in [1.165, 1.54) is 20.2 Å². The van der Waals surface area contributed by atoms with Crippen molar-refractivity contribution in [3.63, 3.8) is 0 Å². The van der Waals surface area contributed by atoms with Crippen LogP contribution in [0, 0.1) is 21.3 Å². The molecule has 0 aliphatic carbocycles. The van der Waals surface area contributed by atoms with Gasteiger partial charge in [-0.3, -0.25) is 4.79 Å². The number of rotatable bonds is 4. The standard InChI is InChI=1S/C14H11F2INO3.Y/c1-18-12(4-3-11(17)14(18)19)13-9(15)5-8(6-10(13)16)21-7-20-2;/h3,5-6H,7H2,1-2H3;/q-1;. The molecule has 2 rings (SSSR count). The Labute approximate surface area is 164 Å². The molecule has 0 aliphatic heterocycles. The molecule has 0 N–H and O–H groups in total. The summed E-state index contributed by atoms with van der Waals surface area (Å²) in [5.41, 5.74) is -0.632. The molecule has 0 saturated carbocycles. The minimum atomic E-state index is -0.839. The van der Waals surface area contributed by atoms with Crippen molar-refractivity contribution in [3.8, 4) is 17.0 Å². The minimum absolute atomic E-state index is 0. The largest absolute Gasteiger partial charge is 0.467 e.